The minimum absolute atomic E-state index is 0.436. The summed E-state index contributed by atoms with van der Waals surface area (Å²) >= 11 is 1.28. The summed E-state index contributed by atoms with van der Waals surface area (Å²) in [4.78, 5) is 20.0. The molecule has 0 amide bonds. The van der Waals surface area contributed by atoms with Crippen LogP contribution >= 0.6 is 0 Å². The number of ether oxygens (including phenoxy) is 1. The fourth-order valence-corrected chi connectivity index (χ4v) is 4.16. The van der Waals surface area contributed by atoms with Crippen LogP contribution in [0, 0.1) is 0 Å². The number of carbonyl (C=O) groups is 2. The number of aliphatic carboxylic acids is 2. The third-order valence-corrected chi connectivity index (χ3v) is 6.20. The van der Waals surface area contributed by atoms with Crippen LogP contribution in [0.1, 0.15) is 64.7 Å². The first-order chi connectivity index (χ1) is 14.6. The van der Waals surface area contributed by atoms with Crippen LogP contribution in [0.2, 0.25) is 3.67 Å². The van der Waals surface area contributed by atoms with Crippen LogP contribution in [0.15, 0.2) is 30.3 Å². The summed E-state index contributed by atoms with van der Waals surface area (Å²) in [7, 11) is -4.84. The van der Waals surface area contributed by atoms with E-state index >= 15 is 0 Å². The average molecular weight is 469 g/mol. The molecule has 172 valence electrons. The quantitative estimate of drug-likeness (QED) is 0.200. The van der Waals surface area contributed by atoms with Gasteiger partial charge in [0, 0.05) is 0 Å². The van der Waals surface area contributed by atoms with Gasteiger partial charge in [-0.2, -0.15) is 8.42 Å². The van der Waals surface area contributed by atoms with Crippen molar-refractivity contribution in [3.8, 4) is 5.75 Å². The fraction of sp³-hybridized carbons (Fsp3) is 0.619. The molecule has 0 spiro atoms. The number of carboxylic acids is 2. The third-order valence-electron chi connectivity index (χ3n) is 4.53. The van der Waals surface area contributed by atoms with Crippen molar-refractivity contribution in [3.05, 3.63) is 30.3 Å². The van der Waals surface area contributed by atoms with Crippen molar-refractivity contribution in [3.63, 3.8) is 0 Å². The number of benzene rings is 1. The van der Waals surface area contributed by atoms with E-state index in [9.17, 15) is 18.0 Å². The molecule has 1 aromatic rings. The summed E-state index contributed by atoms with van der Waals surface area (Å²) < 4.78 is 36.1. The molecule has 0 aliphatic carbocycles. The molecule has 2 atom stereocenters. The van der Waals surface area contributed by atoms with Crippen molar-refractivity contribution in [1.29, 1.82) is 0 Å². The van der Waals surface area contributed by atoms with Crippen LogP contribution in [0.25, 0.3) is 0 Å². The molecule has 0 heterocycles. The van der Waals surface area contributed by atoms with E-state index in [1.54, 1.807) is 0 Å². The molecule has 8 nitrogen and oxygen atoms in total. The molecule has 3 N–H and O–H groups in total. The second-order valence-corrected chi connectivity index (χ2v) is 9.94. The van der Waals surface area contributed by atoms with Gasteiger partial charge in [0.05, 0.1) is 6.42 Å². The Kier molecular flexibility index (Phi) is 16.8. The first-order valence-electron chi connectivity index (χ1n) is 10.7. The summed E-state index contributed by atoms with van der Waals surface area (Å²) in [5.41, 5.74) is 0. The van der Waals surface area contributed by atoms with E-state index < -0.39 is 33.7 Å². The summed E-state index contributed by atoms with van der Waals surface area (Å²) in [6.45, 7) is 2.27. The smallest absolute Gasteiger partial charge is 0.325 e. The predicted molar refractivity (Wildman–Crippen MR) is 119 cm³/mol. The Morgan fingerprint density at radius 3 is 2.03 bits per heavy atom. The van der Waals surface area contributed by atoms with Crippen molar-refractivity contribution in [2.24, 2.45) is 0 Å². The predicted octanol–water partition coefficient (Wildman–Crippen LogP) is 3.96. The second kappa shape index (κ2) is 17.4. The molecule has 0 radical (unpaired) electrons. The molecule has 10 heteroatoms. The van der Waals surface area contributed by atoms with Gasteiger partial charge in [-0.05, 0) is 0 Å². The molecule has 0 aliphatic rings. The zero-order valence-electron chi connectivity index (χ0n) is 18.4. The van der Waals surface area contributed by atoms with Gasteiger partial charge in [0.25, 0.3) is 10.1 Å². The van der Waals surface area contributed by atoms with Crippen LogP contribution in [0.4, 0.5) is 0 Å². The first kappa shape index (κ1) is 29.9. The second-order valence-electron chi connectivity index (χ2n) is 7.34. The van der Waals surface area contributed by atoms with Gasteiger partial charge < -0.3 is 10.2 Å². The standard InChI is InChI=1S/C17H27O.C4H6O7S.Na/c1-3-5-6-7-8-10-13-16(4-2)18-17-14-11-9-12-15-17;5-3(6)1-2(4(7)8)12(9,10)11;/h9,11-12,14-16H,2-8,10,13H2,1H3;2H,1H2,(H,5,6)(H,7,8)(H,9,10,11);. The van der Waals surface area contributed by atoms with Gasteiger partial charge in [0.1, 0.15) is 0 Å². The van der Waals surface area contributed by atoms with E-state index in [4.69, 9.17) is 19.5 Å². The number of rotatable bonds is 15. The normalized spacial score (nSPS) is 12.9. The van der Waals surface area contributed by atoms with E-state index in [1.807, 2.05) is 6.07 Å². The van der Waals surface area contributed by atoms with Crippen LogP contribution in [-0.4, -0.2) is 74.4 Å². The molecule has 1 aromatic carbocycles. The molecule has 0 bridgehead atoms. The summed E-state index contributed by atoms with van der Waals surface area (Å²) in [5.74, 6) is -2.46. The Bertz CT molecular complexity index is 724. The van der Waals surface area contributed by atoms with Gasteiger partial charge in [-0.15, -0.1) is 0 Å². The summed E-state index contributed by atoms with van der Waals surface area (Å²) in [6, 6.07) is 10.3. The molecular weight excluding hydrogens is 435 g/mol. The SMILES string of the molecule is CCCCCCCCC(C[CH2][Na])Oc1ccccc1.O=C(O)CC(C(=O)O)S(=O)(=O)O. The van der Waals surface area contributed by atoms with Crippen molar-refractivity contribution in [2.75, 3.05) is 0 Å². The van der Waals surface area contributed by atoms with Gasteiger partial charge in [0.2, 0.25) is 0 Å². The number of para-hydroxylation sites is 1. The van der Waals surface area contributed by atoms with Gasteiger partial charge in [0.15, 0.2) is 5.25 Å². The van der Waals surface area contributed by atoms with E-state index in [0.717, 1.165) is 5.75 Å². The largest absolute Gasteiger partial charge is 0.481 e. The molecule has 2 unspecified atom stereocenters. The maximum absolute atomic E-state index is 10.2. The Balaban J connectivity index is 0.000000649. The third kappa shape index (κ3) is 16.2. The van der Waals surface area contributed by atoms with Crippen molar-refractivity contribution < 1.29 is 37.5 Å². The molecular formula is C21H33NaO8S. The zero-order valence-corrected chi connectivity index (χ0v) is 21.2. The molecule has 0 saturated carbocycles. The molecule has 0 aliphatic heterocycles. The molecule has 0 saturated heterocycles. The van der Waals surface area contributed by atoms with Crippen LogP contribution in [-0.2, 0) is 19.7 Å². The number of carboxylic acid groups (broad SMARTS) is 2. The monoisotopic (exact) mass is 468 g/mol. The van der Waals surface area contributed by atoms with E-state index in [1.165, 1.54) is 83.0 Å². The number of hydrogen-bond donors (Lipinski definition) is 3. The van der Waals surface area contributed by atoms with Crippen molar-refractivity contribution >= 4 is 50.0 Å². The molecule has 31 heavy (non-hydrogen) atoms. The Morgan fingerprint density at radius 1 is 1.00 bits per heavy atom. The fourth-order valence-electron chi connectivity index (χ4n) is 2.91. The van der Waals surface area contributed by atoms with E-state index in [2.05, 4.69) is 31.2 Å². The van der Waals surface area contributed by atoms with Crippen LogP contribution in [0.5, 0.6) is 5.75 Å². The minimum atomic E-state index is -4.84. The van der Waals surface area contributed by atoms with Gasteiger partial charge in [-0.25, -0.2) is 0 Å². The van der Waals surface area contributed by atoms with Gasteiger partial charge >= 0.3 is 149 Å². The Hall–Kier alpha value is -1.13. The van der Waals surface area contributed by atoms with E-state index in [0.29, 0.717) is 6.10 Å². The van der Waals surface area contributed by atoms with Crippen molar-refractivity contribution in [2.45, 2.75) is 79.7 Å². The molecule has 0 aromatic heterocycles. The Labute approximate surface area is 202 Å². The van der Waals surface area contributed by atoms with Crippen LogP contribution < -0.4 is 4.74 Å². The summed E-state index contributed by atoms with van der Waals surface area (Å²) in [6.07, 6.45) is 9.95. The van der Waals surface area contributed by atoms with Gasteiger partial charge in [-0.1, -0.05) is 0 Å². The maximum Gasteiger partial charge on any atom is 0.325 e. The zero-order chi connectivity index (χ0) is 23.7. The molecule has 1 rings (SSSR count). The average Bonchev–Trinajstić information content (AvgIpc) is 2.69. The van der Waals surface area contributed by atoms with Gasteiger partial charge in [-0.3, -0.25) is 14.1 Å². The number of hydrogen-bond acceptors (Lipinski definition) is 5. The van der Waals surface area contributed by atoms with E-state index in [-0.39, 0.29) is 0 Å². The molecule has 0 fully saturated rings. The summed E-state index contributed by atoms with van der Waals surface area (Å²) in [5, 5.41) is 13.9. The van der Waals surface area contributed by atoms with Crippen LogP contribution in [0.3, 0.4) is 0 Å². The minimum Gasteiger partial charge on any atom is -0.481 e. The first-order valence-corrected chi connectivity index (χ1v) is 13.7. The van der Waals surface area contributed by atoms with Crippen molar-refractivity contribution in [1.82, 2.24) is 0 Å². The number of unbranched alkanes of at least 4 members (excludes halogenated alkanes) is 5. The Morgan fingerprint density at radius 2 is 1.58 bits per heavy atom. The maximum atomic E-state index is 10.2. The topological polar surface area (TPSA) is 138 Å².